The molecular weight excluding hydrogens is 285 g/mol. The molecule has 0 aromatic heterocycles. The van der Waals surface area contributed by atoms with Crippen molar-refractivity contribution in [1.82, 2.24) is 4.90 Å². The van der Waals surface area contributed by atoms with Gasteiger partial charge in [-0.1, -0.05) is 18.2 Å². The molecule has 1 aliphatic heterocycles. The molecule has 1 saturated heterocycles. The summed E-state index contributed by atoms with van der Waals surface area (Å²) in [6.45, 7) is 3.97. The van der Waals surface area contributed by atoms with Gasteiger partial charge in [-0.3, -0.25) is 4.90 Å². The summed E-state index contributed by atoms with van der Waals surface area (Å²) >= 11 is 5.12. The highest BCUT2D eigenvalue weighted by molar-refractivity contribution is 6.61. The number of rotatable bonds is 4. The van der Waals surface area contributed by atoms with Crippen molar-refractivity contribution in [2.24, 2.45) is 0 Å². The fourth-order valence-electron chi connectivity index (χ4n) is 2.45. The predicted octanol–water partition coefficient (Wildman–Crippen LogP) is 2.96. The zero-order chi connectivity index (χ0) is 14.5. The number of carbonyl (C=O) groups is 1. The van der Waals surface area contributed by atoms with Gasteiger partial charge in [0.15, 0.2) is 0 Å². The second kappa shape index (κ2) is 7.02. The summed E-state index contributed by atoms with van der Waals surface area (Å²) in [4.78, 5) is 12.6. The smallest absolute Gasteiger partial charge is 0.403 e. The number of ether oxygens (including phenoxy) is 2. The van der Waals surface area contributed by atoms with Crippen LogP contribution in [0.5, 0.6) is 0 Å². The average molecular weight is 302 g/mol. The van der Waals surface area contributed by atoms with E-state index in [9.17, 15) is 9.18 Å². The van der Waals surface area contributed by atoms with Crippen LogP contribution in [0.1, 0.15) is 18.6 Å². The van der Waals surface area contributed by atoms with Crippen LogP contribution in [0.15, 0.2) is 24.3 Å². The van der Waals surface area contributed by atoms with Crippen LogP contribution in [0.3, 0.4) is 0 Å². The molecule has 0 radical (unpaired) electrons. The number of carbonyl (C=O) groups excluding carboxylic acids is 1. The van der Waals surface area contributed by atoms with E-state index >= 15 is 0 Å². The highest BCUT2D eigenvalue weighted by atomic mass is 35.5. The molecule has 0 saturated carbocycles. The number of halogens is 2. The van der Waals surface area contributed by atoms with Gasteiger partial charge in [0.2, 0.25) is 0 Å². The van der Waals surface area contributed by atoms with Crippen LogP contribution in [0, 0.1) is 5.82 Å². The topological polar surface area (TPSA) is 38.8 Å². The molecule has 6 heteroatoms. The monoisotopic (exact) mass is 301 g/mol. The third kappa shape index (κ3) is 3.69. The van der Waals surface area contributed by atoms with Crippen molar-refractivity contribution in [2.45, 2.75) is 19.1 Å². The fraction of sp³-hybridized carbons (Fsp3) is 0.500. The standard InChI is InChI=1S/C14H17ClFNO3/c1-10-13(11-4-2-3-5-12(11)16)19-8-6-17(10)7-9-20-14(15)18/h2-5,10,13H,6-9H2,1H3. The van der Waals surface area contributed by atoms with Crippen molar-refractivity contribution in [3.63, 3.8) is 0 Å². The molecule has 2 atom stereocenters. The Kier molecular flexibility index (Phi) is 5.34. The number of benzene rings is 1. The van der Waals surface area contributed by atoms with Crippen LogP contribution in [-0.2, 0) is 9.47 Å². The molecule has 1 aromatic carbocycles. The lowest BCUT2D eigenvalue weighted by Gasteiger charge is -2.39. The maximum atomic E-state index is 13.8. The van der Waals surface area contributed by atoms with Gasteiger partial charge in [0.1, 0.15) is 18.5 Å². The minimum atomic E-state index is -0.809. The molecule has 20 heavy (non-hydrogen) atoms. The lowest BCUT2D eigenvalue weighted by molar-refractivity contribution is -0.0717. The molecule has 0 bridgehead atoms. The molecule has 1 fully saturated rings. The van der Waals surface area contributed by atoms with E-state index in [-0.39, 0.29) is 24.6 Å². The highest BCUT2D eigenvalue weighted by Crippen LogP contribution is 2.29. The molecule has 1 heterocycles. The van der Waals surface area contributed by atoms with Gasteiger partial charge >= 0.3 is 5.43 Å². The van der Waals surface area contributed by atoms with Crippen molar-refractivity contribution in [2.75, 3.05) is 26.3 Å². The summed E-state index contributed by atoms with van der Waals surface area (Å²) in [6.07, 6.45) is -0.323. The molecule has 0 spiro atoms. The van der Waals surface area contributed by atoms with Crippen LogP contribution in [0.2, 0.25) is 0 Å². The van der Waals surface area contributed by atoms with Gasteiger partial charge < -0.3 is 9.47 Å². The Labute approximate surface area is 122 Å². The first kappa shape index (κ1) is 15.2. The molecule has 0 amide bonds. The second-order valence-electron chi connectivity index (χ2n) is 4.68. The van der Waals surface area contributed by atoms with E-state index in [1.807, 2.05) is 6.92 Å². The number of hydrogen-bond acceptors (Lipinski definition) is 4. The van der Waals surface area contributed by atoms with Gasteiger partial charge in [0.05, 0.1) is 6.61 Å². The molecular formula is C14H17ClFNO3. The summed E-state index contributed by atoms with van der Waals surface area (Å²) in [6, 6.07) is 6.61. The van der Waals surface area contributed by atoms with Crippen LogP contribution in [0.25, 0.3) is 0 Å². The van der Waals surface area contributed by atoms with E-state index in [1.165, 1.54) is 6.07 Å². The molecule has 0 aliphatic carbocycles. The zero-order valence-corrected chi connectivity index (χ0v) is 12.0. The summed E-state index contributed by atoms with van der Waals surface area (Å²) in [5.41, 5.74) is -0.254. The predicted molar refractivity (Wildman–Crippen MR) is 73.3 cm³/mol. The Morgan fingerprint density at radius 3 is 3.00 bits per heavy atom. The minimum Gasteiger partial charge on any atom is -0.452 e. The van der Waals surface area contributed by atoms with Crippen molar-refractivity contribution in [3.8, 4) is 0 Å². The van der Waals surface area contributed by atoms with Gasteiger partial charge in [-0.25, -0.2) is 9.18 Å². The summed E-state index contributed by atoms with van der Waals surface area (Å²) in [5.74, 6) is -0.265. The molecule has 1 aromatic rings. The first-order chi connectivity index (χ1) is 9.59. The zero-order valence-electron chi connectivity index (χ0n) is 11.2. The van der Waals surface area contributed by atoms with E-state index in [1.54, 1.807) is 18.2 Å². The van der Waals surface area contributed by atoms with E-state index in [4.69, 9.17) is 21.1 Å². The van der Waals surface area contributed by atoms with Crippen molar-refractivity contribution in [1.29, 1.82) is 0 Å². The maximum Gasteiger partial charge on any atom is 0.403 e. The SMILES string of the molecule is CC1C(c2ccccc2F)OCCN1CCOC(=O)Cl. The number of morpholine rings is 1. The molecule has 110 valence electrons. The fourth-order valence-corrected chi connectivity index (χ4v) is 2.52. The third-order valence-corrected chi connectivity index (χ3v) is 3.60. The summed E-state index contributed by atoms with van der Waals surface area (Å²) in [7, 11) is 0. The van der Waals surface area contributed by atoms with Gasteiger partial charge in [-0.05, 0) is 13.0 Å². The Morgan fingerprint density at radius 2 is 2.30 bits per heavy atom. The van der Waals surface area contributed by atoms with E-state index < -0.39 is 5.43 Å². The van der Waals surface area contributed by atoms with E-state index in [2.05, 4.69) is 4.90 Å². The van der Waals surface area contributed by atoms with E-state index in [0.29, 0.717) is 25.3 Å². The molecule has 0 N–H and O–H groups in total. The molecule has 2 rings (SSSR count). The lowest BCUT2D eigenvalue weighted by Crippen LogP contribution is -2.47. The normalized spacial score (nSPS) is 23.6. The number of nitrogens with zero attached hydrogens (tertiary/aromatic N) is 1. The summed E-state index contributed by atoms with van der Waals surface area (Å²) in [5, 5.41) is 0. The van der Waals surface area contributed by atoms with Crippen LogP contribution in [0.4, 0.5) is 9.18 Å². The second-order valence-corrected chi connectivity index (χ2v) is 4.98. The Balaban J connectivity index is 2.01. The Morgan fingerprint density at radius 1 is 1.55 bits per heavy atom. The van der Waals surface area contributed by atoms with E-state index in [0.717, 1.165) is 0 Å². The largest absolute Gasteiger partial charge is 0.452 e. The van der Waals surface area contributed by atoms with Crippen LogP contribution in [-0.4, -0.2) is 42.7 Å². The number of hydrogen-bond donors (Lipinski definition) is 0. The third-order valence-electron chi connectivity index (χ3n) is 3.50. The lowest BCUT2D eigenvalue weighted by atomic mass is 10.00. The molecule has 1 aliphatic rings. The summed E-state index contributed by atoms with van der Waals surface area (Å²) < 4.78 is 24.3. The van der Waals surface area contributed by atoms with Gasteiger partial charge in [-0.15, -0.1) is 0 Å². The van der Waals surface area contributed by atoms with Gasteiger partial charge in [-0.2, -0.15) is 0 Å². The maximum absolute atomic E-state index is 13.8. The Bertz CT molecular complexity index is 471. The van der Waals surface area contributed by atoms with Crippen molar-refractivity contribution < 1.29 is 18.7 Å². The highest BCUT2D eigenvalue weighted by Gasteiger charge is 2.31. The average Bonchev–Trinajstić information content (AvgIpc) is 2.41. The van der Waals surface area contributed by atoms with Crippen molar-refractivity contribution >= 4 is 17.0 Å². The van der Waals surface area contributed by atoms with Crippen LogP contribution >= 0.6 is 11.6 Å². The van der Waals surface area contributed by atoms with Gasteiger partial charge in [0.25, 0.3) is 0 Å². The first-order valence-electron chi connectivity index (χ1n) is 6.52. The molecule has 2 unspecified atom stereocenters. The molecule has 4 nitrogen and oxygen atoms in total. The quantitative estimate of drug-likeness (QED) is 0.802. The minimum absolute atomic E-state index is 0.00493. The van der Waals surface area contributed by atoms with Crippen molar-refractivity contribution in [3.05, 3.63) is 35.6 Å². The van der Waals surface area contributed by atoms with Gasteiger partial charge in [0, 0.05) is 36.3 Å². The first-order valence-corrected chi connectivity index (χ1v) is 6.89. The Hall–Kier alpha value is -1.17. The van der Waals surface area contributed by atoms with Crippen LogP contribution < -0.4 is 0 Å².